The Balaban J connectivity index is 1.93. The van der Waals surface area contributed by atoms with Gasteiger partial charge in [-0.15, -0.1) is 16.9 Å². The van der Waals surface area contributed by atoms with E-state index >= 15 is 0 Å². The second-order valence-corrected chi connectivity index (χ2v) is 4.61. The predicted octanol–water partition coefficient (Wildman–Crippen LogP) is 1.44. The van der Waals surface area contributed by atoms with Gasteiger partial charge >= 0.3 is 5.97 Å². The predicted molar refractivity (Wildman–Crippen MR) is 66.1 cm³/mol. The van der Waals surface area contributed by atoms with E-state index in [-0.39, 0.29) is 6.42 Å². The van der Waals surface area contributed by atoms with E-state index in [2.05, 4.69) is 15.5 Å². The standard InChI is InChI=1S/C11H12N4O2S/c16-11(17)6-7-15-10(12-13-14-15)8-18-9-4-2-1-3-5-9/h1-5H,6-8H2,(H,16,17). The molecule has 1 aromatic heterocycles. The molecule has 18 heavy (non-hydrogen) atoms. The van der Waals surface area contributed by atoms with E-state index < -0.39 is 5.97 Å². The molecule has 0 atom stereocenters. The second kappa shape index (κ2) is 6.15. The van der Waals surface area contributed by atoms with Crippen LogP contribution >= 0.6 is 11.8 Å². The number of carbonyl (C=O) groups is 1. The van der Waals surface area contributed by atoms with Crippen LogP contribution in [0.4, 0.5) is 0 Å². The molecule has 0 spiro atoms. The second-order valence-electron chi connectivity index (χ2n) is 3.56. The molecule has 0 aliphatic carbocycles. The first-order valence-corrected chi connectivity index (χ1v) is 6.39. The minimum absolute atomic E-state index is 0.0219. The van der Waals surface area contributed by atoms with Crippen LogP contribution in [0.3, 0.4) is 0 Å². The molecule has 6 nitrogen and oxygen atoms in total. The maximum Gasteiger partial charge on any atom is 0.305 e. The Morgan fingerprint density at radius 2 is 2.11 bits per heavy atom. The number of carboxylic acids is 1. The lowest BCUT2D eigenvalue weighted by atomic mass is 10.4. The van der Waals surface area contributed by atoms with Crippen molar-refractivity contribution >= 4 is 17.7 Å². The van der Waals surface area contributed by atoms with E-state index in [1.165, 1.54) is 4.68 Å². The van der Waals surface area contributed by atoms with Gasteiger partial charge in [0, 0.05) is 4.90 Å². The molecule has 0 bridgehead atoms. The fraction of sp³-hybridized carbons (Fsp3) is 0.273. The first-order valence-electron chi connectivity index (χ1n) is 5.40. The Labute approximate surface area is 108 Å². The maximum atomic E-state index is 10.5. The summed E-state index contributed by atoms with van der Waals surface area (Å²) in [6.45, 7) is 0.299. The van der Waals surface area contributed by atoms with E-state index in [9.17, 15) is 4.79 Å². The van der Waals surface area contributed by atoms with Crippen molar-refractivity contribution in [2.24, 2.45) is 0 Å². The molecule has 0 unspecified atom stereocenters. The molecule has 0 saturated heterocycles. The van der Waals surface area contributed by atoms with Gasteiger partial charge in [0.15, 0.2) is 5.82 Å². The van der Waals surface area contributed by atoms with E-state index in [4.69, 9.17) is 5.11 Å². The Morgan fingerprint density at radius 1 is 1.33 bits per heavy atom. The van der Waals surface area contributed by atoms with Crippen LogP contribution < -0.4 is 0 Å². The van der Waals surface area contributed by atoms with E-state index in [0.29, 0.717) is 18.1 Å². The number of aryl methyl sites for hydroxylation is 1. The highest BCUT2D eigenvalue weighted by molar-refractivity contribution is 7.98. The third kappa shape index (κ3) is 3.56. The number of aromatic nitrogens is 4. The van der Waals surface area contributed by atoms with Gasteiger partial charge < -0.3 is 5.11 Å². The van der Waals surface area contributed by atoms with Gasteiger partial charge in [-0.05, 0) is 22.6 Å². The van der Waals surface area contributed by atoms with Crippen molar-refractivity contribution in [2.75, 3.05) is 0 Å². The molecule has 0 fully saturated rings. The molecule has 1 heterocycles. The first-order chi connectivity index (χ1) is 8.75. The zero-order valence-corrected chi connectivity index (χ0v) is 10.4. The van der Waals surface area contributed by atoms with Crippen molar-refractivity contribution in [2.45, 2.75) is 23.6 Å². The first kappa shape index (κ1) is 12.6. The quantitative estimate of drug-likeness (QED) is 0.795. The van der Waals surface area contributed by atoms with Crippen LogP contribution in [-0.2, 0) is 17.1 Å². The summed E-state index contributed by atoms with van der Waals surface area (Å²) in [5, 5.41) is 19.9. The third-order valence-corrected chi connectivity index (χ3v) is 3.26. The van der Waals surface area contributed by atoms with Crippen LogP contribution in [0.2, 0.25) is 0 Å². The van der Waals surface area contributed by atoms with Gasteiger partial charge in [-0.3, -0.25) is 4.79 Å². The van der Waals surface area contributed by atoms with Crippen LogP contribution in [0.15, 0.2) is 35.2 Å². The molecule has 0 amide bonds. The highest BCUT2D eigenvalue weighted by atomic mass is 32.2. The zero-order chi connectivity index (χ0) is 12.8. The highest BCUT2D eigenvalue weighted by Gasteiger charge is 2.08. The molecule has 1 N–H and O–H groups in total. The summed E-state index contributed by atoms with van der Waals surface area (Å²) < 4.78 is 1.53. The largest absolute Gasteiger partial charge is 0.481 e. The molecule has 2 aromatic rings. The summed E-state index contributed by atoms with van der Waals surface area (Å²) in [5.41, 5.74) is 0. The molecular weight excluding hydrogens is 252 g/mol. The van der Waals surface area contributed by atoms with Gasteiger partial charge in [0.1, 0.15) is 0 Å². The van der Waals surface area contributed by atoms with Gasteiger partial charge in [0.05, 0.1) is 18.7 Å². The van der Waals surface area contributed by atoms with Gasteiger partial charge in [-0.1, -0.05) is 18.2 Å². The minimum atomic E-state index is -0.854. The summed E-state index contributed by atoms with van der Waals surface area (Å²) in [6.07, 6.45) is 0.0219. The van der Waals surface area contributed by atoms with E-state index in [1.807, 2.05) is 30.3 Å². The topological polar surface area (TPSA) is 80.9 Å². The molecule has 0 saturated carbocycles. The smallest absolute Gasteiger partial charge is 0.305 e. The Hall–Kier alpha value is -1.89. The number of benzene rings is 1. The Kier molecular flexibility index (Phi) is 4.30. The molecule has 1 aromatic carbocycles. The van der Waals surface area contributed by atoms with Crippen molar-refractivity contribution in [3.8, 4) is 0 Å². The summed E-state index contributed by atoms with van der Waals surface area (Å²) >= 11 is 1.62. The maximum absolute atomic E-state index is 10.5. The monoisotopic (exact) mass is 264 g/mol. The molecule has 0 aliphatic heterocycles. The Bertz CT molecular complexity index is 515. The number of nitrogens with zero attached hydrogens (tertiary/aromatic N) is 4. The number of aliphatic carboxylic acids is 1. The van der Waals surface area contributed by atoms with E-state index in [1.54, 1.807) is 11.8 Å². The van der Waals surface area contributed by atoms with Crippen LogP contribution in [0, 0.1) is 0 Å². The normalized spacial score (nSPS) is 10.4. The van der Waals surface area contributed by atoms with Crippen molar-refractivity contribution in [1.29, 1.82) is 0 Å². The van der Waals surface area contributed by atoms with Crippen molar-refractivity contribution < 1.29 is 9.90 Å². The molecule has 0 aliphatic rings. The van der Waals surface area contributed by atoms with Gasteiger partial charge in [-0.2, -0.15) is 0 Å². The number of thioether (sulfide) groups is 1. The van der Waals surface area contributed by atoms with Crippen molar-refractivity contribution in [1.82, 2.24) is 20.2 Å². The number of tetrazole rings is 1. The number of rotatable bonds is 6. The number of hydrogen-bond acceptors (Lipinski definition) is 5. The molecule has 94 valence electrons. The fourth-order valence-corrected chi connectivity index (χ4v) is 2.22. The highest BCUT2D eigenvalue weighted by Crippen LogP contribution is 2.20. The van der Waals surface area contributed by atoms with Crippen molar-refractivity contribution in [3.05, 3.63) is 36.2 Å². The third-order valence-electron chi connectivity index (χ3n) is 2.25. The van der Waals surface area contributed by atoms with Gasteiger partial charge in [0.2, 0.25) is 0 Å². The molecule has 2 rings (SSSR count). The summed E-state index contributed by atoms with van der Waals surface area (Å²) in [4.78, 5) is 11.6. The van der Waals surface area contributed by atoms with Crippen LogP contribution in [0.1, 0.15) is 12.2 Å². The number of carboxylic acid groups (broad SMARTS) is 1. The summed E-state index contributed by atoms with van der Waals surface area (Å²) in [6, 6.07) is 9.92. The molecule has 0 radical (unpaired) electrons. The van der Waals surface area contributed by atoms with Crippen molar-refractivity contribution in [3.63, 3.8) is 0 Å². The zero-order valence-electron chi connectivity index (χ0n) is 9.56. The van der Waals surface area contributed by atoms with E-state index in [0.717, 1.165) is 4.90 Å². The summed E-state index contributed by atoms with van der Waals surface area (Å²) in [5.74, 6) is 0.452. The lowest BCUT2D eigenvalue weighted by Crippen LogP contribution is -2.09. The lowest BCUT2D eigenvalue weighted by molar-refractivity contribution is -0.137. The van der Waals surface area contributed by atoms with Gasteiger partial charge in [-0.25, -0.2) is 4.68 Å². The SMILES string of the molecule is O=C(O)CCn1nnnc1CSc1ccccc1. The summed E-state index contributed by atoms with van der Waals surface area (Å²) in [7, 11) is 0. The van der Waals surface area contributed by atoms with Crippen LogP contribution in [0.5, 0.6) is 0 Å². The minimum Gasteiger partial charge on any atom is -0.481 e. The van der Waals surface area contributed by atoms with Gasteiger partial charge in [0.25, 0.3) is 0 Å². The van der Waals surface area contributed by atoms with Crippen LogP contribution in [0.25, 0.3) is 0 Å². The average Bonchev–Trinajstić information content (AvgIpc) is 2.82. The Morgan fingerprint density at radius 3 is 2.83 bits per heavy atom. The van der Waals surface area contributed by atoms with Crippen LogP contribution in [-0.4, -0.2) is 31.3 Å². The lowest BCUT2D eigenvalue weighted by Gasteiger charge is -2.02. The average molecular weight is 264 g/mol. The molecular formula is C11H12N4O2S. The molecule has 7 heteroatoms. The fourth-order valence-electron chi connectivity index (χ4n) is 1.37. The number of hydrogen-bond donors (Lipinski definition) is 1.